The number of amides is 2. The Labute approximate surface area is 153 Å². The number of ether oxygens (including phenoxy) is 1. The third-order valence-corrected chi connectivity index (χ3v) is 5.11. The lowest BCUT2D eigenvalue weighted by atomic mass is 10.0. The Hall–Kier alpha value is -2.12. The van der Waals surface area contributed by atoms with Crippen LogP contribution < -0.4 is 5.32 Å². The van der Waals surface area contributed by atoms with E-state index < -0.39 is 6.09 Å². The first kappa shape index (κ1) is 18.7. The van der Waals surface area contributed by atoms with Crippen LogP contribution in [0.1, 0.15) is 36.4 Å². The highest BCUT2D eigenvalue weighted by molar-refractivity contribution is 5.79. The molecule has 2 aliphatic rings. The molecule has 0 aliphatic carbocycles. The molecule has 2 saturated heterocycles. The second kappa shape index (κ2) is 9.00. The first-order valence-corrected chi connectivity index (χ1v) is 9.28. The maximum absolute atomic E-state index is 12.3. The fourth-order valence-corrected chi connectivity index (χ4v) is 3.69. The smallest absolute Gasteiger partial charge is 0.404 e. The summed E-state index contributed by atoms with van der Waals surface area (Å²) in [6, 6.07) is 8.02. The molecule has 0 bridgehead atoms. The van der Waals surface area contributed by atoms with E-state index in [1.165, 1.54) is 0 Å². The van der Waals surface area contributed by atoms with Crippen LogP contribution in [0.25, 0.3) is 0 Å². The minimum atomic E-state index is -1.03. The minimum absolute atomic E-state index is 0.133. The van der Waals surface area contributed by atoms with E-state index in [1.54, 1.807) is 0 Å². The number of likely N-dealkylation sites (tertiary alicyclic amines) is 1. The average Bonchev–Trinajstić information content (AvgIpc) is 3.02. The van der Waals surface area contributed by atoms with Crippen LogP contribution in [0.4, 0.5) is 4.79 Å². The SMILES string of the molecule is O=C(O)NCc1ccc(C2CCC(=O)N2CCCN2CCOCC2)cc1. The molecule has 0 saturated carbocycles. The molecule has 1 aromatic rings. The number of carbonyl (C=O) groups excluding carboxylic acids is 1. The normalized spacial score (nSPS) is 21.2. The molecule has 2 fully saturated rings. The molecule has 2 N–H and O–H groups in total. The van der Waals surface area contributed by atoms with Crippen LogP contribution in [-0.2, 0) is 16.1 Å². The van der Waals surface area contributed by atoms with Gasteiger partial charge in [-0.05, 0) is 24.0 Å². The summed E-state index contributed by atoms with van der Waals surface area (Å²) >= 11 is 0. The Morgan fingerprint density at radius 1 is 1.19 bits per heavy atom. The molecule has 142 valence electrons. The first-order chi connectivity index (χ1) is 12.6. The van der Waals surface area contributed by atoms with Gasteiger partial charge in [-0.15, -0.1) is 0 Å². The molecule has 2 heterocycles. The first-order valence-electron chi connectivity index (χ1n) is 9.28. The van der Waals surface area contributed by atoms with Gasteiger partial charge < -0.3 is 20.1 Å². The van der Waals surface area contributed by atoms with E-state index in [-0.39, 0.29) is 11.9 Å². The molecular formula is C19H27N3O4. The van der Waals surface area contributed by atoms with Crippen molar-refractivity contribution in [1.82, 2.24) is 15.1 Å². The fourth-order valence-electron chi connectivity index (χ4n) is 3.69. The van der Waals surface area contributed by atoms with Gasteiger partial charge in [-0.25, -0.2) is 4.79 Å². The van der Waals surface area contributed by atoms with Crippen LogP contribution in [0.15, 0.2) is 24.3 Å². The molecular weight excluding hydrogens is 334 g/mol. The molecule has 1 unspecified atom stereocenters. The highest BCUT2D eigenvalue weighted by atomic mass is 16.5. The number of hydrogen-bond donors (Lipinski definition) is 2. The molecule has 1 aromatic carbocycles. The third kappa shape index (κ3) is 4.95. The number of benzene rings is 1. The van der Waals surface area contributed by atoms with Crippen molar-refractivity contribution in [1.29, 1.82) is 0 Å². The molecule has 7 heteroatoms. The highest BCUT2D eigenvalue weighted by Gasteiger charge is 2.31. The van der Waals surface area contributed by atoms with Gasteiger partial charge in [0, 0.05) is 39.1 Å². The lowest BCUT2D eigenvalue weighted by molar-refractivity contribution is -0.129. The van der Waals surface area contributed by atoms with Crippen LogP contribution in [0, 0.1) is 0 Å². The molecule has 7 nitrogen and oxygen atoms in total. The van der Waals surface area contributed by atoms with Gasteiger partial charge >= 0.3 is 6.09 Å². The van der Waals surface area contributed by atoms with Gasteiger partial charge in [0.1, 0.15) is 0 Å². The summed E-state index contributed by atoms with van der Waals surface area (Å²) in [6.07, 6.45) is 1.40. The zero-order valence-corrected chi connectivity index (χ0v) is 15.0. The summed E-state index contributed by atoms with van der Waals surface area (Å²) in [5, 5.41) is 11.0. The number of carbonyl (C=O) groups is 2. The van der Waals surface area contributed by atoms with Crippen LogP contribution in [0.5, 0.6) is 0 Å². The van der Waals surface area contributed by atoms with Gasteiger partial charge in [0.05, 0.1) is 19.3 Å². The van der Waals surface area contributed by atoms with Crippen molar-refractivity contribution in [3.63, 3.8) is 0 Å². The standard InChI is InChI=1S/C19H27N3O4/c23-18-7-6-17(16-4-2-15(3-5-16)14-20-19(24)25)22(18)9-1-8-21-10-12-26-13-11-21/h2-5,17,20H,1,6-14H2,(H,24,25). The summed E-state index contributed by atoms with van der Waals surface area (Å²) in [6.45, 7) is 5.63. The average molecular weight is 361 g/mol. The zero-order valence-electron chi connectivity index (χ0n) is 15.0. The summed E-state index contributed by atoms with van der Waals surface area (Å²) in [5.41, 5.74) is 2.04. The summed E-state index contributed by atoms with van der Waals surface area (Å²) in [7, 11) is 0. The van der Waals surface area contributed by atoms with Crippen molar-refractivity contribution in [3.05, 3.63) is 35.4 Å². The zero-order chi connectivity index (χ0) is 18.4. The Morgan fingerprint density at radius 2 is 1.92 bits per heavy atom. The predicted octanol–water partition coefficient (Wildman–Crippen LogP) is 1.84. The highest BCUT2D eigenvalue weighted by Crippen LogP contribution is 2.33. The van der Waals surface area contributed by atoms with Crippen molar-refractivity contribution < 1.29 is 19.4 Å². The summed E-state index contributed by atoms with van der Waals surface area (Å²) in [4.78, 5) is 27.3. The van der Waals surface area contributed by atoms with Crippen molar-refractivity contribution in [2.24, 2.45) is 0 Å². The van der Waals surface area contributed by atoms with Crippen LogP contribution in [-0.4, -0.2) is 66.3 Å². The van der Waals surface area contributed by atoms with Crippen molar-refractivity contribution in [3.8, 4) is 0 Å². The maximum atomic E-state index is 12.3. The van der Waals surface area contributed by atoms with Crippen LogP contribution >= 0.6 is 0 Å². The fraction of sp³-hybridized carbons (Fsp3) is 0.579. The van der Waals surface area contributed by atoms with Crippen molar-refractivity contribution in [2.45, 2.75) is 31.8 Å². The van der Waals surface area contributed by atoms with Crippen LogP contribution in [0.2, 0.25) is 0 Å². The number of nitrogens with zero attached hydrogens (tertiary/aromatic N) is 2. The van der Waals surface area contributed by atoms with Gasteiger partial charge in [-0.2, -0.15) is 0 Å². The summed E-state index contributed by atoms with van der Waals surface area (Å²) in [5.74, 6) is 0.230. The van der Waals surface area contributed by atoms with Gasteiger partial charge in [-0.3, -0.25) is 9.69 Å². The van der Waals surface area contributed by atoms with Crippen molar-refractivity contribution >= 4 is 12.0 Å². The molecule has 0 spiro atoms. The Balaban J connectivity index is 1.53. The van der Waals surface area contributed by atoms with E-state index in [1.807, 2.05) is 29.2 Å². The molecule has 0 radical (unpaired) electrons. The predicted molar refractivity (Wildman–Crippen MR) is 96.9 cm³/mol. The van der Waals surface area contributed by atoms with E-state index in [2.05, 4.69) is 10.2 Å². The molecule has 26 heavy (non-hydrogen) atoms. The topological polar surface area (TPSA) is 82.1 Å². The molecule has 0 aromatic heterocycles. The van der Waals surface area contributed by atoms with E-state index in [0.717, 1.165) is 63.4 Å². The maximum Gasteiger partial charge on any atom is 0.404 e. The van der Waals surface area contributed by atoms with Gasteiger partial charge in [0.2, 0.25) is 5.91 Å². The van der Waals surface area contributed by atoms with Gasteiger partial charge in [0.25, 0.3) is 0 Å². The number of hydrogen-bond acceptors (Lipinski definition) is 4. The van der Waals surface area contributed by atoms with E-state index in [0.29, 0.717) is 13.0 Å². The van der Waals surface area contributed by atoms with Gasteiger partial charge in [-0.1, -0.05) is 24.3 Å². The van der Waals surface area contributed by atoms with E-state index >= 15 is 0 Å². The molecule has 2 aliphatic heterocycles. The lowest BCUT2D eigenvalue weighted by Crippen LogP contribution is -2.38. The number of morpholine rings is 1. The number of nitrogens with one attached hydrogen (secondary N) is 1. The molecule has 2 amide bonds. The number of carboxylic acid groups (broad SMARTS) is 1. The second-order valence-corrected chi connectivity index (χ2v) is 6.85. The lowest BCUT2D eigenvalue weighted by Gasteiger charge is -2.29. The van der Waals surface area contributed by atoms with E-state index in [9.17, 15) is 9.59 Å². The Bertz CT molecular complexity index is 614. The molecule has 1 atom stereocenters. The monoisotopic (exact) mass is 361 g/mol. The summed E-state index contributed by atoms with van der Waals surface area (Å²) < 4.78 is 5.37. The van der Waals surface area contributed by atoms with Gasteiger partial charge in [0.15, 0.2) is 0 Å². The Morgan fingerprint density at radius 3 is 2.62 bits per heavy atom. The second-order valence-electron chi connectivity index (χ2n) is 6.85. The largest absolute Gasteiger partial charge is 0.465 e. The van der Waals surface area contributed by atoms with Crippen LogP contribution in [0.3, 0.4) is 0 Å². The molecule has 3 rings (SSSR count). The number of rotatable bonds is 7. The minimum Gasteiger partial charge on any atom is -0.465 e. The third-order valence-electron chi connectivity index (χ3n) is 5.11. The van der Waals surface area contributed by atoms with E-state index in [4.69, 9.17) is 9.84 Å². The van der Waals surface area contributed by atoms with Crippen molar-refractivity contribution in [2.75, 3.05) is 39.4 Å². The quantitative estimate of drug-likeness (QED) is 0.774. The Kier molecular flexibility index (Phi) is 6.46.